The molecule has 1 aliphatic heterocycles. The van der Waals surface area contributed by atoms with E-state index in [0.29, 0.717) is 5.92 Å². The normalized spacial score (nSPS) is 21.2. The number of likely N-dealkylation sites (N-methyl/N-ethyl adjacent to an activating group) is 1. The maximum Gasteiger partial charge on any atom is 0.203 e. The topological polar surface area (TPSA) is 42.7 Å². The highest BCUT2D eigenvalue weighted by Gasteiger charge is 2.25. The van der Waals surface area contributed by atoms with Crippen molar-refractivity contribution in [3.63, 3.8) is 0 Å². The highest BCUT2D eigenvalue weighted by atomic mass is 16.5. The van der Waals surface area contributed by atoms with Crippen LogP contribution in [0.2, 0.25) is 0 Å². The first kappa shape index (κ1) is 10.5. The third-order valence-electron chi connectivity index (χ3n) is 3.40. The first-order valence-electron chi connectivity index (χ1n) is 5.86. The van der Waals surface area contributed by atoms with E-state index >= 15 is 0 Å². The molecule has 2 aromatic rings. The van der Waals surface area contributed by atoms with Crippen LogP contribution in [-0.4, -0.2) is 46.7 Å². The van der Waals surface area contributed by atoms with Crippen molar-refractivity contribution in [2.45, 2.75) is 12.3 Å². The molecule has 1 unspecified atom stereocenters. The van der Waals surface area contributed by atoms with Gasteiger partial charge in [0.25, 0.3) is 0 Å². The summed E-state index contributed by atoms with van der Waals surface area (Å²) in [7, 11) is 3.80. The summed E-state index contributed by atoms with van der Waals surface area (Å²) in [6, 6.07) is 3.88. The maximum atomic E-state index is 5.29. The van der Waals surface area contributed by atoms with E-state index in [1.165, 1.54) is 0 Å². The summed E-state index contributed by atoms with van der Waals surface area (Å²) in [6.45, 7) is 2.18. The van der Waals surface area contributed by atoms with Crippen LogP contribution in [0.15, 0.2) is 18.3 Å². The zero-order valence-electron chi connectivity index (χ0n) is 10.1. The van der Waals surface area contributed by atoms with Gasteiger partial charge in [-0.05, 0) is 32.1 Å². The summed E-state index contributed by atoms with van der Waals surface area (Å²) in [5.41, 5.74) is 0.805. The van der Waals surface area contributed by atoms with E-state index in [1.54, 1.807) is 7.11 Å². The standard InChI is InChI=1S/C12H16N4O/c1-15-7-5-9(8-15)11-13-14-12-10(17-2)4-3-6-16(11)12/h3-4,6,9H,5,7-8H2,1-2H3. The summed E-state index contributed by atoms with van der Waals surface area (Å²) >= 11 is 0. The predicted molar refractivity (Wildman–Crippen MR) is 64.4 cm³/mol. The van der Waals surface area contributed by atoms with Crippen molar-refractivity contribution >= 4 is 5.65 Å². The highest BCUT2D eigenvalue weighted by Crippen LogP contribution is 2.27. The van der Waals surface area contributed by atoms with Gasteiger partial charge in [0.05, 0.1) is 7.11 Å². The Morgan fingerprint density at radius 1 is 1.41 bits per heavy atom. The van der Waals surface area contributed by atoms with Gasteiger partial charge >= 0.3 is 0 Å². The number of fused-ring (bicyclic) bond motifs is 1. The third kappa shape index (κ3) is 1.67. The molecule has 0 spiro atoms. The number of hydrogen-bond acceptors (Lipinski definition) is 4. The van der Waals surface area contributed by atoms with Gasteiger partial charge in [0, 0.05) is 18.7 Å². The Kier molecular flexibility index (Phi) is 2.48. The molecule has 1 fully saturated rings. The van der Waals surface area contributed by atoms with Gasteiger partial charge in [-0.25, -0.2) is 0 Å². The zero-order chi connectivity index (χ0) is 11.8. The fourth-order valence-electron chi connectivity index (χ4n) is 2.49. The van der Waals surface area contributed by atoms with Crippen LogP contribution in [-0.2, 0) is 0 Å². The van der Waals surface area contributed by atoms with Crippen molar-refractivity contribution in [3.8, 4) is 5.75 Å². The highest BCUT2D eigenvalue weighted by molar-refractivity contribution is 5.53. The fraction of sp³-hybridized carbons (Fsp3) is 0.500. The van der Waals surface area contributed by atoms with E-state index in [2.05, 4.69) is 22.1 Å². The molecule has 3 rings (SSSR count). The number of rotatable bonds is 2. The molecule has 2 aromatic heterocycles. The van der Waals surface area contributed by atoms with Crippen LogP contribution >= 0.6 is 0 Å². The quantitative estimate of drug-likeness (QED) is 0.779. The van der Waals surface area contributed by atoms with E-state index < -0.39 is 0 Å². The average molecular weight is 232 g/mol. The van der Waals surface area contributed by atoms with Crippen molar-refractivity contribution < 1.29 is 4.74 Å². The van der Waals surface area contributed by atoms with Gasteiger partial charge in [-0.3, -0.25) is 4.40 Å². The molecule has 90 valence electrons. The second-order valence-corrected chi connectivity index (χ2v) is 4.58. The van der Waals surface area contributed by atoms with E-state index in [4.69, 9.17) is 4.74 Å². The lowest BCUT2D eigenvalue weighted by atomic mass is 10.1. The van der Waals surface area contributed by atoms with Crippen LogP contribution in [0.5, 0.6) is 5.75 Å². The first-order valence-corrected chi connectivity index (χ1v) is 5.86. The predicted octanol–water partition coefficient (Wildman–Crippen LogP) is 1.16. The number of likely N-dealkylation sites (tertiary alicyclic amines) is 1. The Morgan fingerprint density at radius 3 is 3.00 bits per heavy atom. The molecular formula is C12H16N4O. The molecule has 3 heterocycles. The minimum atomic E-state index is 0.474. The molecule has 1 saturated heterocycles. The largest absolute Gasteiger partial charge is 0.493 e. The molecule has 1 aliphatic rings. The van der Waals surface area contributed by atoms with Crippen LogP contribution in [0.4, 0.5) is 0 Å². The first-order chi connectivity index (χ1) is 8.29. The van der Waals surface area contributed by atoms with Gasteiger partial charge in [0.1, 0.15) is 5.82 Å². The van der Waals surface area contributed by atoms with E-state index in [0.717, 1.165) is 36.7 Å². The lowest BCUT2D eigenvalue weighted by Crippen LogP contribution is -2.14. The second kappa shape index (κ2) is 4.00. The van der Waals surface area contributed by atoms with Crippen LogP contribution < -0.4 is 4.74 Å². The number of hydrogen-bond donors (Lipinski definition) is 0. The van der Waals surface area contributed by atoms with Crippen molar-refractivity contribution in [3.05, 3.63) is 24.2 Å². The number of aromatic nitrogens is 3. The van der Waals surface area contributed by atoms with E-state index in [1.807, 2.05) is 22.7 Å². The number of methoxy groups -OCH3 is 1. The van der Waals surface area contributed by atoms with Crippen LogP contribution in [0.25, 0.3) is 5.65 Å². The van der Waals surface area contributed by atoms with Gasteiger partial charge in [-0.15, -0.1) is 10.2 Å². The summed E-state index contributed by atoms with van der Waals surface area (Å²) < 4.78 is 7.34. The molecular weight excluding hydrogens is 216 g/mol. The van der Waals surface area contributed by atoms with Crippen LogP contribution in [0.3, 0.4) is 0 Å². The van der Waals surface area contributed by atoms with E-state index in [9.17, 15) is 0 Å². The van der Waals surface area contributed by atoms with Gasteiger partial charge in [-0.2, -0.15) is 0 Å². The van der Waals surface area contributed by atoms with Crippen LogP contribution in [0.1, 0.15) is 18.2 Å². The zero-order valence-corrected chi connectivity index (χ0v) is 10.1. The average Bonchev–Trinajstić information content (AvgIpc) is 2.94. The molecule has 5 heteroatoms. The summed E-state index contributed by atoms with van der Waals surface area (Å²) in [6.07, 6.45) is 3.15. The SMILES string of the molecule is COc1cccn2c(C3CCN(C)C3)nnc12. The molecule has 1 atom stereocenters. The maximum absolute atomic E-state index is 5.29. The molecule has 0 amide bonds. The lowest BCUT2D eigenvalue weighted by Gasteiger charge is -2.09. The second-order valence-electron chi connectivity index (χ2n) is 4.58. The summed E-state index contributed by atoms with van der Waals surface area (Å²) in [4.78, 5) is 2.33. The molecule has 0 saturated carbocycles. The van der Waals surface area contributed by atoms with E-state index in [-0.39, 0.29) is 0 Å². The molecule has 0 aliphatic carbocycles. The number of pyridine rings is 1. The summed E-state index contributed by atoms with van der Waals surface area (Å²) in [5, 5.41) is 8.56. The number of nitrogens with zero attached hydrogens (tertiary/aromatic N) is 4. The lowest BCUT2D eigenvalue weighted by molar-refractivity contribution is 0.409. The third-order valence-corrected chi connectivity index (χ3v) is 3.40. The smallest absolute Gasteiger partial charge is 0.203 e. The van der Waals surface area contributed by atoms with Gasteiger partial charge in [0.2, 0.25) is 5.65 Å². The molecule has 17 heavy (non-hydrogen) atoms. The van der Waals surface area contributed by atoms with Gasteiger partial charge in [0.15, 0.2) is 5.75 Å². The minimum absolute atomic E-state index is 0.474. The van der Waals surface area contributed by atoms with Crippen molar-refractivity contribution in [2.75, 3.05) is 27.2 Å². The number of ether oxygens (including phenoxy) is 1. The minimum Gasteiger partial charge on any atom is -0.493 e. The monoisotopic (exact) mass is 232 g/mol. The molecule has 5 nitrogen and oxygen atoms in total. The van der Waals surface area contributed by atoms with Gasteiger partial charge in [-0.1, -0.05) is 0 Å². The van der Waals surface area contributed by atoms with Crippen LogP contribution in [0, 0.1) is 0 Å². The fourth-order valence-corrected chi connectivity index (χ4v) is 2.49. The Bertz CT molecular complexity index is 536. The molecule has 0 bridgehead atoms. The van der Waals surface area contributed by atoms with Crippen molar-refractivity contribution in [1.82, 2.24) is 19.5 Å². The molecule has 0 N–H and O–H groups in total. The summed E-state index contributed by atoms with van der Waals surface area (Å²) in [5.74, 6) is 2.29. The van der Waals surface area contributed by atoms with Gasteiger partial charge < -0.3 is 9.64 Å². The Hall–Kier alpha value is -1.62. The van der Waals surface area contributed by atoms with Crippen molar-refractivity contribution in [1.29, 1.82) is 0 Å². The molecule has 0 radical (unpaired) electrons. The Balaban J connectivity index is 2.06. The molecule has 0 aromatic carbocycles. The Labute approximate surface area is 100 Å². The Morgan fingerprint density at radius 2 is 2.29 bits per heavy atom. The van der Waals surface area contributed by atoms with Crippen molar-refractivity contribution in [2.24, 2.45) is 0 Å².